The lowest BCUT2D eigenvalue weighted by molar-refractivity contribution is -0.140. The first-order chi connectivity index (χ1) is 8.13. The van der Waals surface area contributed by atoms with Crippen LogP contribution in [0, 0.1) is 5.92 Å². The number of fused-ring (bicyclic) bond motifs is 1. The third kappa shape index (κ3) is 2.53. The predicted molar refractivity (Wildman–Crippen MR) is 64.5 cm³/mol. The molecule has 0 spiro atoms. The van der Waals surface area contributed by atoms with E-state index in [9.17, 15) is 9.90 Å². The van der Waals surface area contributed by atoms with Gasteiger partial charge in [-0.05, 0) is 33.2 Å². The summed E-state index contributed by atoms with van der Waals surface area (Å²) in [4.78, 5) is 13.8. The number of esters is 1. The van der Waals surface area contributed by atoms with Crippen LogP contribution in [0.2, 0.25) is 0 Å². The van der Waals surface area contributed by atoms with Crippen molar-refractivity contribution < 1.29 is 14.6 Å². The molecule has 0 aromatic rings. The minimum atomic E-state index is -0.246. The van der Waals surface area contributed by atoms with Crippen molar-refractivity contribution >= 4 is 5.97 Å². The first kappa shape index (κ1) is 12.6. The van der Waals surface area contributed by atoms with Gasteiger partial charge in [0.05, 0.1) is 12.7 Å². The number of carbonyl (C=O) groups is 1. The van der Waals surface area contributed by atoms with Crippen molar-refractivity contribution in [3.05, 3.63) is 11.6 Å². The van der Waals surface area contributed by atoms with Gasteiger partial charge in [-0.2, -0.15) is 0 Å². The number of ether oxygens (including phenoxy) is 1. The summed E-state index contributed by atoms with van der Waals surface area (Å²) in [6.45, 7) is 6.02. The highest BCUT2D eigenvalue weighted by atomic mass is 16.5. The highest BCUT2D eigenvalue weighted by molar-refractivity contribution is 5.87. The molecule has 2 aliphatic rings. The van der Waals surface area contributed by atoms with Gasteiger partial charge >= 0.3 is 5.97 Å². The van der Waals surface area contributed by atoms with Gasteiger partial charge in [-0.15, -0.1) is 0 Å². The fourth-order valence-electron chi connectivity index (χ4n) is 2.83. The molecule has 2 saturated heterocycles. The van der Waals surface area contributed by atoms with E-state index in [2.05, 4.69) is 4.90 Å². The zero-order chi connectivity index (χ0) is 12.4. The summed E-state index contributed by atoms with van der Waals surface area (Å²) in [6, 6.07) is 0.203. The third-order valence-corrected chi connectivity index (χ3v) is 3.98. The molecule has 4 nitrogen and oxygen atoms in total. The smallest absolute Gasteiger partial charge is 0.333 e. The molecule has 1 N–H and O–H groups in total. The van der Waals surface area contributed by atoms with Crippen molar-refractivity contribution in [1.29, 1.82) is 0 Å². The first-order valence-corrected chi connectivity index (χ1v) is 6.35. The van der Waals surface area contributed by atoms with Crippen LogP contribution in [0.3, 0.4) is 0 Å². The first-order valence-electron chi connectivity index (χ1n) is 6.35. The molecule has 1 unspecified atom stereocenters. The predicted octanol–water partition coefficient (Wildman–Crippen LogP) is 0.951. The maximum Gasteiger partial charge on any atom is 0.333 e. The summed E-state index contributed by atoms with van der Waals surface area (Å²) in [5, 5.41) is 9.90. The van der Waals surface area contributed by atoms with Crippen molar-refractivity contribution in [3.8, 4) is 0 Å². The Kier molecular flexibility index (Phi) is 3.84. The van der Waals surface area contributed by atoms with Crippen molar-refractivity contribution in [2.75, 3.05) is 19.7 Å². The molecule has 0 aromatic carbocycles. The lowest BCUT2D eigenvalue weighted by Crippen LogP contribution is -2.36. The summed E-state index contributed by atoms with van der Waals surface area (Å²) in [5.41, 5.74) is 0.645. The van der Waals surface area contributed by atoms with Gasteiger partial charge in [-0.3, -0.25) is 4.90 Å². The summed E-state index contributed by atoms with van der Waals surface area (Å²) < 4.78 is 5.29. The fourth-order valence-corrected chi connectivity index (χ4v) is 2.83. The van der Waals surface area contributed by atoms with Gasteiger partial charge in [0, 0.05) is 24.1 Å². The minimum absolute atomic E-state index is 0.203. The molecule has 2 heterocycles. The number of carbonyl (C=O) groups excluding carboxylic acids is 1. The Balaban J connectivity index is 1.86. The van der Waals surface area contributed by atoms with Crippen molar-refractivity contribution in [3.63, 3.8) is 0 Å². The molecule has 17 heavy (non-hydrogen) atoms. The number of nitrogens with zero attached hydrogens (tertiary/aromatic N) is 1. The molecule has 2 fully saturated rings. The maximum absolute atomic E-state index is 11.5. The van der Waals surface area contributed by atoms with E-state index in [0.29, 0.717) is 18.1 Å². The minimum Gasteiger partial charge on any atom is -0.462 e. The highest BCUT2D eigenvalue weighted by Crippen LogP contribution is 2.33. The molecule has 4 heteroatoms. The van der Waals surface area contributed by atoms with E-state index < -0.39 is 0 Å². The van der Waals surface area contributed by atoms with E-state index in [4.69, 9.17) is 4.74 Å². The number of aliphatic hydroxyl groups excluding tert-OH is 1. The van der Waals surface area contributed by atoms with Crippen molar-refractivity contribution in [2.45, 2.75) is 38.8 Å². The van der Waals surface area contributed by atoms with Crippen LogP contribution in [0.25, 0.3) is 0 Å². The van der Waals surface area contributed by atoms with E-state index in [1.54, 1.807) is 13.0 Å². The second kappa shape index (κ2) is 5.19. The number of hydrogen-bond acceptors (Lipinski definition) is 4. The van der Waals surface area contributed by atoms with Gasteiger partial charge in [-0.25, -0.2) is 4.79 Å². The largest absolute Gasteiger partial charge is 0.462 e. The average Bonchev–Trinajstić information content (AvgIpc) is 2.89. The van der Waals surface area contributed by atoms with Crippen molar-refractivity contribution in [1.82, 2.24) is 4.90 Å². The van der Waals surface area contributed by atoms with Crippen LogP contribution in [0.15, 0.2) is 11.6 Å². The van der Waals surface area contributed by atoms with E-state index >= 15 is 0 Å². The molecular formula is C13H21NO3. The molecule has 0 radical (unpaired) electrons. The molecule has 3 atom stereocenters. The van der Waals surface area contributed by atoms with Crippen LogP contribution in [0.1, 0.15) is 26.7 Å². The monoisotopic (exact) mass is 239 g/mol. The highest BCUT2D eigenvalue weighted by Gasteiger charge is 2.43. The number of allylic oxidation sites excluding steroid dienone is 1. The van der Waals surface area contributed by atoms with Gasteiger partial charge in [0.1, 0.15) is 0 Å². The summed E-state index contributed by atoms with van der Waals surface area (Å²) in [5.74, 6) is 0.0551. The molecule has 0 saturated carbocycles. The Morgan fingerprint density at radius 1 is 1.47 bits per heavy atom. The standard InChI is InChI=1S/C13H21NO3/c1-3-9(2)13(16)17-8-10-4-6-14-7-5-11(15)12(10)14/h3,10-12,15H,4-8H2,1-2H3/b9-3+/t10-,11+,12?/m0/s1. The van der Waals surface area contributed by atoms with Crippen molar-refractivity contribution in [2.24, 2.45) is 5.92 Å². The topological polar surface area (TPSA) is 49.8 Å². The quantitative estimate of drug-likeness (QED) is 0.588. The van der Waals surface area contributed by atoms with Gasteiger partial charge in [0.15, 0.2) is 0 Å². The Morgan fingerprint density at radius 3 is 2.88 bits per heavy atom. The van der Waals surface area contributed by atoms with Crippen LogP contribution >= 0.6 is 0 Å². The van der Waals surface area contributed by atoms with E-state index in [0.717, 1.165) is 25.9 Å². The average molecular weight is 239 g/mol. The lowest BCUT2D eigenvalue weighted by Gasteiger charge is -2.22. The summed E-state index contributed by atoms with van der Waals surface area (Å²) in [6.07, 6.45) is 3.38. The number of aliphatic hydroxyl groups is 1. The van der Waals surface area contributed by atoms with Gasteiger partial charge in [0.2, 0.25) is 0 Å². The molecule has 0 aliphatic carbocycles. The second-order valence-corrected chi connectivity index (χ2v) is 5.00. The third-order valence-electron chi connectivity index (χ3n) is 3.98. The Labute approximate surface area is 102 Å². The Bertz CT molecular complexity index is 327. The number of rotatable bonds is 3. The maximum atomic E-state index is 11.5. The van der Waals surface area contributed by atoms with Gasteiger partial charge in [0.25, 0.3) is 0 Å². The summed E-state index contributed by atoms with van der Waals surface area (Å²) in [7, 11) is 0. The van der Waals surface area contributed by atoms with Crippen LogP contribution in [-0.2, 0) is 9.53 Å². The Morgan fingerprint density at radius 2 is 2.18 bits per heavy atom. The van der Waals surface area contributed by atoms with Crippen LogP contribution in [0.5, 0.6) is 0 Å². The van der Waals surface area contributed by atoms with Gasteiger partial charge in [-0.1, -0.05) is 6.08 Å². The molecule has 96 valence electrons. The van der Waals surface area contributed by atoms with Crippen LogP contribution < -0.4 is 0 Å². The van der Waals surface area contributed by atoms with Crippen LogP contribution in [-0.4, -0.2) is 47.8 Å². The Hall–Kier alpha value is -0.870. The zero-order valence-corrected chi connectivity index (χ0v) is 10.6. The lowest BCUT2D eigenvalue weighted by atomic mass is 9.97. The van der Waals surface area contributed by atoms with Gasteiger partial charge < -0.3 is 9.84 Å². The van der Waals surface area contributed by atoms with E-state index in [1.165, 1.54) is 0 Å². The van der Waals surface area contributed by atoms with Crippen LogP contribution in [0.4, 0.5) is 0 Å². The summed E-state index contributed by atoms with van der Waals surface area (Å²) >= 11 is 0. The zero-order valence-electron chi connectivity index (χ0n) is 10.6. The molecule has 0 amide bonds. The normalized spacial score (nSPS) is 33.8. The fraction of sp³-hybridized carbons (Fsp3) is 0.769. The number of hydrogen-bond donors (Lipinski definition) is 1. The van der Waals surface area contributed by atoms with E-state index in [1.807, 2.05) is 6.92 Å². The molecule has 0 bridgehead atoms. The molecule has 0 aromatic heterocycles. The van der Waals surface area contributed by atoms with E-state index in [-0.39, 0.29) is 18.1 Å². The molecule has 2 rings (SSSR count). The molecular weight excluding hydrogens is 218 g/mol. The molecule has 2 aliphatic heterocycles. The second-order valence-electron chi connectivity index (χ2n) is 5.00. The SMILES string of the molecule is C/C=C(\C)C(=O)OC[C@@H]1CCN2CC[C@@H](O)C12.